The summed E-state index contributed by atoms with van der Waals surface area (Å²) in [6.45, 7) is 5.27. The Morgan fingerprint density at radius 3 is 2.46 bits per heavy atom. The van der Waals surface area contributed by atoms with E-state index in [2.05, 4.69) is 5.32 Å². The summed E-state index contributed by atoms with van der Waals surface area (Å²) in [7, 11) is 0. The van der Waals surface area contributed by atoms with Gasteiger partial charge in [0.1, 0.15) is 23.7 Å². The zero-order chi connectivity index (χ0) is 18.1. The fourth-order valence-corrected chi connectivity index (χ4v) is 2.72. The van der Waals surface area contributed by atoms with Crippen LogP contribution in [-0.2, 0) is 15.1 Å². The molecule has 24 heavy (non-hydrogen) atoms. The standard InChI is InChI=1S/C16H19F2N3O3/c1-4-20(5-2)13(22)9-21-14(23)16(3,19-15(21)24)11-8-10(17)6-7-12(11)18/h6-8H,4-5,9H2,1-3H3,(H,19,24)/t16-/m0/s1. The number of nitrogens with zero attached hydrogens (tertiary/aromatic N) is 2. The molecule has 1 saturated heterocycles. The molecule has 0 aromatic heterocycles. The fourth-order valence-electron chi connectivity index (χ4n) is 2.72. The van der Waals surface area contributed by atoms with Crippen LogP contribution in [0, 0.1) is 11.6 Å². The van der Waals surface area contributed by atoms with Crippen LogP contribution in [0.3, 0.4) is 0 Å². The number of amides is 4. The molecule has 1 aromatic carbocycles. The van der Waals surface area contributed by atoms with Crippen molar-refractivity contribution in [2.24, 2.45) is 0 Å². The van der Waals surface area contributed by atoms with Crippen LogP contribution in [0.4, 0.5) is 13.6 Å². The molecule has 1 aromatic rings. The molecule has 6 nitrogen and oxygen atoms in total. The molecule has 0 bridgehead atoms. The second-order valence-corrected chi connectivity index (χ2v) is 5.64. The highest BCUT2D eigenvalue weighted by Crippen LogP contribution is 2.31. The van der Waals surface area contributed by atoms with E-state index in [0.29, 0.717) is 13.1 Å². The number of imide groups is 1. The van der Waals surface area contributed by atoms with Crippen molar-refractivity contribution in [3.63, 3.8) is 0 Å². The van der Waals surface area contributed by atoms with Crippen LogP contribution < -0.4 is 5.32 Å². The summed E-state index contributed by atoms with van der Waals surface area (Å²) in [4.78, 5) is 39.1. The van der Waals surface area contributed by atoms with Crippen LogP contribution in [0.15, 0.2) is 18.2 Å². The van der Waals surface area contributed by atoms with Crippen molar-refractivity contribution >= 4 is 17.8 Å². The molecule has 0 radical (unpaired) electrons. The minimum Gasteiger partial charge on any atom is -0.342 e. The van der Waals surface area contributed by atoms with Crippen molar-refractivity contribution in [3.8, 4) is 0 Å². The van der Waals surface area contributed by atoms with E-state index in [1.54, 1.807) is 13.8 Å². The van der Waals surface area contributed by atoms with Gasteiger partial charge in [-0.1, -0.05) is 0 Å². The normalized spacial score (nSPS) is 20.3. The average Bonchev–Trinajstić information content (AvgIpc) is 2.75. The lowest BCUT2D eigenvalue weighted by Crippen LogP contribution is -2.44. The Morgan fingerprint density at radius 2 is 1.88 bits per heavy atom. The molecule has 1 heterocycles. The zero-order valence-corrected chi connectivity index (χ0v) is 13.7. The maximum Gasteiger partial charge on any atom is 0.325 e. The molecule has 0 aliphatic carbocycles. The molecular formula is C16H19F2N3O3. The van der Waals surface area contributed by atoms with Crippen LogP contribution in [0.1, 0.15) is 26.3 Å². The largest absolute Gasteiger partial charge is 0.342 e. The molecule has 1 atom stereocenters. The number of urea groups is 1. The van der Waals surface area contributed by atoms with E-state index in [0.717, 1.165) is 23.1 Å². The summed E-state index contributed by atoms with van der Waals surface area (Å²) in [5.41, 5.74) is -2.04. The summed E-state index contributed by atoms with van der Waals surface area (Å²) in [6.07, 6.45) is 0. The highest BCUT2D eigenvalue weighted by molar-refractivity contribution is 6.09. The zero-order valence-electron chi connectivity index (χ0n) is 13.7. The Labute approximate surface area is 138 Å². The van der Waals surface area contributed by atoms with Gasteiger partial charge in [-0.15, -0.1) is 0 Å². The van der Waals surface area contributed by atoms with E-state index in [-0.39, 0.29) is 5.56 Å². The summed E-state index contributed by atoms with van der Waals surface area (Å²) in [6, 6.07) is 1.86. The summed E-state index contributed by atoms with van der Waals surface area (Å²) >= 11 is 0. The second kappa shape index (κ2) is 6.54. The number of benzene rings is 1. The predicted molar refractivity (Wildman–Crippen MR) is 81.9 cm³/mol. The summed E-state index contributed by atoms with van der Waals surface area (Å²) < 4.78 is 27.5. The third-order valence-electron chi connectivity index (χ3n) is 4.15. The number of rotatable bonds is 5. The van der Waals surface area contributed by atoms with Crippen LogP contribution in [0.25, 0.3) is 0 Å². The number of hydrogen-bond acceptors (Lipinski definition) is 3. The van der Waals surface area contributed by atoms with Gasteiger partial charge in [-0.05, 0) is 39.0 Å². The van der Waals surface area contributed by atoms with Gasteiger partial charge in [-0.25, -0.2) is 13.6 Å². The van der Waals surface area contributed by atoms with Gasteiger partial charge in [0.25, 0.3) is 5.91 Å². The maximum absolute atomic E-state index is 14.0. The quantitative estimate of drug-likeness (QED) is 0.829. The van der Waals surface area contributed by atoms with E-state index in [9.17, 15) is 23.2 Å². The Kier molecular flexibility index (Phi) is 4.86. The SMILES string of the molecule is CCN(CC)C(=O)CN1C(=O)N[C@@](C)(c2cc(F)ccc2F)C1=O. The predicted octanol–water partition coefficient (Wildman–Crippen LogP) is 1.60. The van der Waals surface area contributed by atoms with E-state index in [4.69, 9.17) is 0 Å². The minimum absolute atomic E-state index is 0.279. The number of likely N-dealkylation sites (N-methyl/N-ethyl adjacent to an activating group) is 1. The highest BCUT2D eigenvalue weighted by atomic mass is 19.1. The molecule has 0 unspecified atom stereocenters. The first-order valence-corrected chi connectivity index (χ1v) is 7.62. The molecule has 1 aliphatic rings. The molecule has 130 valence electrons. The van der Waals surface area contributed by atoms with Gasteiger partial charge in [0, 0.05) is 18.7 Å². The van der Waals surface area contributed by atoms with Crippen LogP contribution in [0.2, 0.25) is 0 Å². The van der Waals surface area contributed by atoms with Crippen molar-refractivity contribution in [3.05, 3.63) is 35.4 Å². The van der Waals surface area contributed by atoms with E-state index in [1.807, 2.05) is 0 Å². The average molecular weight is 339 g/mol. The lowest BCUT2D eigenvalue weighted by atomic mass is 9.91. The van der Waals surface area contributed by atoms with E-state index in [1.165, 1.54) is 11.8 Å². The van der Waals surface area contributed by atoms with Crippen molar-refractivity contribution in [1.29, 1.82) is 0 Å². The lowest BCUT2D eigenvalue weighted by Gasteiger charge is -2.24. The number of nitrogens with one attached hydrogen (secondary N) is 1. The van der Waals surface area contributed by atoms with Gasteiger partial charge in [-0.3, -0.25) is 14.5 Å². The molecule has 0 spiro atoms. The highest BCUT2D eigenvalue weighted by Gasteiger charge is 2.51. The van der Waals surface area contributed by atoms with Gasteiger partial charge in [0.2, 0.25) is 5.91 Å². The Bertz CT molecular complexity index is 691. The van der Waals surface area contributed by atoms with Crippen LogP contribution >= 0.6 is 0 Å². The molecule has 4 amide bonds. The Balaban J connectivity index is 2.31. The van der Waals surface area contributed by atoms with Crippen LogP contribution in [-0.4, -0.2) is 47.3 Å². The monoisotopic (exact) mass is 339 g/mol. The van der Waals surface area contributed by atoms with Crippen LogP contribution in [0.5, 0.6) is 0 Å². The molecule has 1 aliphatic heterocycles. The third-order valence-corrected chi connectivity index (χ3v) is 4.15. The number of carbonyl (C=O) groups excluding carboxylic acids is 3. The van der Waals surface area contributed by atoms with Crippen molar-refractivity contribution in [2.45, 2.75) is 26.3 Å². The summed E-state index contributed by atoms with van der Waals surface area (Å²) in [5.74, 6) is -2.73. The summed E-state index contributed by atoms with van der Waals surface area (Å²) in [5, 5.41) is 2.35. The topological polar surface area (TPSA) is 69.7 Å². The Morgan fingerprint density at radius 1 is 1.25 bits per heavy atom. The molecule has 2 rings (SSSR count). The van der Waals surface area contributed by atoms with Gasteiger partial charge >= 0.3 is 6.03 Å². The van der Waals surface area contributed by atoms with Crippen molar-refractivity contribution in [1.82, 2.24) is 15.1 Å². The first-order chi connectivity index (χ1) is 11.2. The first kappa shape index (κ1) is 17.8. The molecule has 8 heteroatoms. The fraction of sp³-hybridized carbons (Fsp3) is 0.438. The van der Waals surface area contributed by atoms with Gasteiger partial charge in [-0.2, -0.15) is 0 Å². The minimum atomic E-state index is -1.76. The second-order valence-electron chi connectivity index (χ2n) is 5.64. The van der Waals surface area contributed by atoms with E-state index < -0.39 is 41.6 Å². The Hall–Kier alpha value is -2.51. The first-order valence-electron chi connectivity index (χ1n) is 7.62. The molecule has 1 N–H and O–H groups in total. The smallest absolute Gasteiger partial charge is 0.325 e. The molecule has 0 saturated carbocycles. The maximum atomic E-state index is 14.0. The number of hydrogen-bond donors (Lipinski definition) is 1. The number of halogens is 2. The number of carbonyl (C=O) groups is 3. The molecular weight excluding hydrogens is 320 g/mol. The molecule has 1 fully saturated rings. The van der Waals surface area contributed by atoms with Gasteiger partial charge in [0.15, 0.2) is 0 Å². The van der Waals surface area contributed by atoms with E-state index >= 15 is 0 Å². The lowest BCUT2D eigenvalue weighted by molar-refractivity contribution is -0.138. The third kappa shape index (κ3) is 2.95. The van der Waals surface area contributed by atoms with Crippen molar-refractivity contribution in [2.75, 3.05) is 19.6 Å². The van der Waals surface area contributed by atoms with Crippen molar-refractivity contribution < 1.29 is 23.2 Å². The van der Waals surface area contributed by atoms with Gasteiger partial charge < -0.3 is 10.2 Å². The van der Waals surface area contributed by atoms with Gasteiger partial charge in [0.05, 0.1) is 0 Å².